The maximum Gasteiger partial charge on any atom is 0.363 e. The van der Waals surface area contributed by atoms with Crippen LogP contribution >= 0.6 is 27.3 Å². The number of hydrogen-bond acceptors (Lipinski definition) is 5. The van der Waals surface area contributed by atoms with Crippen LogP contribution in [0.3, 0.4) is 0 Å². The van der Waals surface area contributed by atoms with E-state index in [2.05, 4.69) is 20.9 Å². The van der Waals surface area contributed by atoms with Crippen molar-refractivity contribution in [1.82, 2.24) is 0 Å². The number of thiophene rings is 1. The highest BCUT2D eigenvalue weighted by Gasteiger charge is 2.24. The number of benzene rings is 1. The highest BCUT2D eigenvalue weighted by atomic mass is 79.9. The summed E-state index contributed by atoms with van der Waals surface area (Å²) >= 11 is 4.94. The average molecular weight is 378 g/mol. The first-order valence-corrected chi connectivity index (χ1v) is 8.33. The van der Waals surface area contributed by atoms with Crippen LogP contribution in [-0.4, -0.2) is 18.5 Å². The minimum Gasteiger partial charge on any atom is -0.494 e. The smallest absolute Gasteiger partial charge is 0.363 e. The molecule has 0 N–H and O–H groups in total. The molecule has 0 atom stereocenters. The van der Waals surface area contributed by atoms with Crippen molar-refractivity contribution in [3.8, 4) is 5.75 Å². The summed E-state index contributed by atoms with van der Waals surface area (Å²) in [4.78, 5) is 16.2. The molecule has 0 amide bonds. The number of rotatable bonds is 4. The van der Waals surface area contributed by atoms with E-state index in [4.69, 9.17) is 9.47 Å². The second-order valence-corrected chi connectivity index (χ2v) is 6.77. The normalized spacial score (nSPS) is 15.8. The zero-order chi connectivity index (χ0) is 15.5. The zero-order valence-electron chi connectivity index (χ0n) is 11.7. The van der Waals surface area contributed by atoms with Crippen LogP contribution in [0.2, 0.25) is 0 Å². The number of carbonyl (C=O) groups is 1. The summed E-state index contributed by atoms with van der Waals surface area (Å²) in [5.74, 6) is 0.648. The third-order valence-electron chi connectivity index (χ3n) is 2.92. The number of esters is 1. The number of carbonyl (C=O) groups excluding carboxylic acids is 1. The molecule has 0 radical (unpaired) electrons. The first kappa shape index (κ1) is 15.0. The molecule has 0 saturated heterocycles. The quantitative estimate of drug-likeness (QED) is 0.590. The molecule has 2 aromatic rings. The van der Waals surface area contributed by atoms with Crippen LogP contribution in [0.5, 0.6) is 5.75 Å². The fourth-order valence-corrected chi connectivity index (χ4v) is 3.08. The average Bonchev–Trinajstić information content (AvgIpc) is 3.07. The van der Waals surface area contributed by atoms with Crippen LogP contribution in [0.15, 0.2) is 50.2 Å². The molecule has 3 rings (SSSR count). The number of halogens is 1. The Morgan fingerprint density at radius 1 is 1.36 bits per heavy atom. The van der Waals surface area contributed by atoms with Gasteiger partial charge in [0.2, 0.25) is 5.90 Å². The van der Waals surface area contributed by atoms with Crippen molar-refractivity contribution in [2.45, 2.75) is 6.92 Å². The largest absolute Gasteiger partial charge is 0.494 e. The Hall–Kier alpha value is -1.92. The molecule has 112 valence electrons. The van der Waals surface area contributed by atoms with E-state index < -0.39 is 5.97 Å². The molecule has 4 nitrogen and oxygen atoms in total. The molecule has 1 aromatic heterocycles. The highest BCUT2D eigenvalue weighted by Crippen LogP contribution is 2.25. The van der Waals surface area contributed by atoms with Crippen LogP contribution in [-0.2, 0) is 9.53 Å². The van der Waals surface area contributed by atoms with Gasteiger partial charge in [0.05, 0.1) is 10.4 Å². The lowest BCUT2D eigenvalue weighted by Crippen LogP contribution is -2.05. The van der Waals surface area contributed by atoms with E-state index in [1.807, 2.05) is 42.6 Å². The summed E-state index contributed by atoms with van der Waals surface area (Å²) in [5.41, 5.74) is 1.96. The Balaban J connectivity index is 1.84. The third-order valence-corrected chi connectivity index (χ3v) is 4.45. The van der Waals surface area contributed by atoms with Gasteiger partial charge in [-0.1, -0.05) is 0 Å². The van der Waals surface area contributed by atoms with Gasteiger partial charge in [-0.25, -0.2) is 9.79 Å². The van der Waals surface area contributed by atoms with Gasteiger partial charge >= 0.3 is 5.97 Å². The van der Waals surface area contributed by atoms with Crippen molar-refractivity contribution in [3.63, 3.8) is 0 Å². The lowest BCUT2D eigenvalue weighted by atomic mass is 10.2. The second kappa shape index (κ2) is 6.46. The molecule has 0 aliphatic carbocycles. The Labute approximate surface area is 140 Å². The summed E-state index contributed by atoms with van der Waals surface area (Å²) < 4.78 is 11.6. The topological polar surface area (TPSA) is 47.9 Å². The Kier molecular flexibility index (Phi) is 4.40. The van der Waals surface area contributed by atoms with Gasteiger partial charge in [0.25, 0.3) is 0 Å². The van der Waals surface area contributed by atoms with Gasteiger partial charge in [0.1, 0.15) is 5.75 Å². The molecule has 0 spiro atoms. The standard InChI is InChI=1S/C16H12BrNO3S/c1-2-20-12-5-3-11(4-6-12)15-18-13(16(19)21-15)7-10-8-14(17)22-9-10/h3-9H,2H2,1H3/b13-7-. The maximum atomic E-state index is 11.9. The lowest BCUT2D eigenvalue weighted by molar-refractivity contribution is -0.129. The molecule has 0 unspecified atom stereocenters. The summed E-state index contributed by atoms with van der Waals surface area (Å²) in [6, 6.07) is 9.22. The third kappa shape index (κ3) is 3.28. The summed E-state index contributed by atoms with van der Waals surface area (Å²) in [7, 11) is 0. The van der Waals surface area contributed by atoms with E-state index in [9.17, 15) is 4.79 Å². The SMILES string of the molecule is CCOc1ccc(C2=N/C(=C\c3csc(Br)c3)C(=O)O2)cc1. The fourth-order valence-electron chi connectivity index (χ4n) is 1.95. The lowest BCUT2D eigenvalue weighted by Gasteiger charge is -2.03. The first-order chi connectivity index (χ1) is 10.7. The van der Waals surface area contributed by atoms with E-state index in [0.29, 0.717) is 18.2 Å². The molecule has 22 heavy (non-hydrogen) atoms. The van der Waals surface area contributed by atoms with Gasteiger partial charge in [-0.05, 0) is 70.2 Å². The Morgan fingerprint density at radius 2 is 2.14 bits per heavy atom. The summed E-state index contributed by atoms with van der Waals surface area (Å²) in [5, 5.41) is 1.94. The van der Waals surface area contributed by atoms with E-state index >= 15 is 0 Å². The Morgan fingerprint density at radius 3 is 2.77 bits per heavy atom. The van der Waals surface area contributed by atoms with Gasteiger partial charge in [0, 0.05) is 5.56 Å². The van der Waals surface area contributed by atoms with E-state index in [0.717, 1.165) is 20.7 Å². The van der Waals surface area contributed by atoms with Crippen molar-refractivity contribution < 1.29 is 14.3 Å². The fraction of sp³-hybridized carbons (Fsp3) is 0.125. The molecule has 0 saturated carbocycles. The van der Waals surface area contributed by atoms with E-state index in [1.54, 1.807) is 17.4 Å². The molecular weight excluding hydrogens is 366 g/mol. The van der Waals surface area contributed by atoms with Gasteiger partial charge in [-0.2, -0.15) is 0 Å². The van der Waals surface area contributed by atoms with Gasteiger partial charge in [-0.15, -0.1) is 11.3 Å². The minimum absolute atomic E-state index is 0.300. The number of nitrogens with zero attached hydrogens (tertiary/aromatic N) is 1. The molecule has 2 heterocycles. The molecule has 0 fully saturated rings. The van der Waals surface area contributed by atoms with E-state index in [1.165, 1.54) is 0 Å². The summed E-state index contributed by atoms with van der Waals surface area (Å²) in [6.45, 7) is 2.54. The predicted molar refractivity (Wildman–Crippen MR) is 90.2 cm³/mol. The molecular formula is C16H12BrNO3S. The van der Waals surface area contributed by atoms with Crippen LogP contribution < -0.4 is 4.74 Å². The van der Waals surface area contributed by atoms with Crippen molar-refractivity contribution >= 4 is 45.2 Å². The first-order valence-electron chi connectivity index (χ1n) is 6.65. The van der Waals surface area contributed by atoms with Crippen molar-refractivity contribution in [2.24, 2.45) is 4.99 Å². The van der Waals surface area contributed by atoms with Crippen molar-refractivity contribution in [1.29, 1.82) is 0 Å². The summed E-state index contributed by atoms with van der Waals surface area (Å²) in [6.07, 6.45) is 1.71. The van der Waals surface area contributed by atoms with E-state index in [-0.39, 0.29) is 0 Å². The van der Waals surface area contributed by atoms with Gasteiger partial charge < -0.3 is 9.47 Å². The molecule has 1 aliphatic heterocycles. The van der Waals surface area contributed by atoms with Crippen molar-refractivity contribution in [3.05, 3.63) is 56.3 Å². The Bertz CT molecular complexity index is 762. The highest BCUT2D eigenvalue weighted by molar-refractivity contribution is 9.11. The van der Waals surface area contributed by atoms with Crippen LogP contribution in [0.4, 0.5) is 0 Å². The monoisotopic (exact) mass is 377 g/mol. The van der Waals surface area contributed by atoms with Crippen LogP contribution in [0.25, 0.3) is 6.08 Å². The maximum absolute atomic E-state index is 11.9. The van der Waals surface area contributed by atoms with Gasteiger partial charge in [-0.3, -0.25) is 0 Å². The minimum atomic E-state index is -0.439. The van der Waals surface area contributed by atoms with Gasteiger partial charge in [0.15, 0.2) is 5.70 Å². The molecule has 1 aliphatic rings. The van der Waals surface area contributed by atoms with Crippen LogP contribution in [0, 0.1) is 0 Å². The van der Waals surface area contributed by atoms with Crippen LogP contribution in [0.1, 0.15) is 18.1 Å². The number of cyclic esters (lactones) is 1. The molecule has 1 aromatic carbocycles. The zero-order valence-corrected chi connectivity index (χ0v) is 14.1. The number of hydrogen-bond donors (Lipinski definition) is 0. The predicted octanol–water partition coefficient (Wildman–Crippen LogP) is 4.25. The second-order valence-electron chi connectivity index (χ2n) is 4.48. The number of aliphatic imine (C=N–C) groups is 1. The molecule has 6 heteroatoms. The molecule has 0 bridgehead atoms. The van der Waals surface area contributed by atoms with Crippen molar-refractivity contribution in [2.75, 3.05) is 6.61 Å². The number of ether oxygens (including phenoxy) is 2.